The first-order chi connectivity index (χ1) is 13.9. The number of hydrogen-bond acceptors (Lipinski definition) is 5. The van der Waals surface area contributed by atoms with Crippen LogP contribution < -0.4 is 9.46 Å². The van der Waals surface area contributed by atoms with Crippen molar-refractivity contribution in [3.05, 3.63) is 46.8 Å². The molecule has 0 aliphatic carbocycles. The number of rotatable bonds is 8. The van der Waals surface area contributed by atoms with Gasteiger partial charge in [-0.05, 0) is 55.7 Å². The normalized spacial score (nSPS) is 15.4. The Kier molecular flexibility index (Phi) is 7.32. The molecule has 158 valence electrons. The molecule has 1 aliphatic rings. The standard InChI is InChI=1S/C21H28N2O4S2/c1-16-6-3-7-17(2)21(16)27-14-4-8-19(24)23-12-10-18(11-13-23)22-29(25,26)20-9-5-15-28-20/h3,5-7,9,15,18,22H,4,8,10-14H2,1-2H3. The Bertz CT molecular complexity index is 898. The Morgan fingerprint density at radius 2 is 1.86 bits per heavy atom. The summed E-state index contributed by atoms with van der Waals surface area (Å²) < 4.78 is 33.6. The number of para-hydroxylation sites is 1. The molecule has 29 heavy (non-hydrogen) atoms. The van der Waals surface area contributed by atoms with Gasteiger partial charge in [-0.1, -0.05) is 24.3 Å². The van der Waals surface area contributed by atoms with Crippen LogP contribution in [-0.2, 0) is 14.8 Å². The molecule has 8 heteroatoms. The van der Waals surface area contributed by atoms with Crippen molar-refractivity contribution < 1.29 is 17.9 Å². The first-order valence-corrected chi connectivity index (χ1v) is 12.3. The summed E-state index contributed by atoms with van der Waals surface area (Å²) in [6, 6.07) is 9.25. The molecule has 1 amide bonds. The van der Waals surface area contributed by atoms with Crippen molar-refractivity contribution in [1.29, 1.82) is 0 Å². The van der Waals surface area contributed by atoms with Crippen LogP contribution in [0.3, 0.4) is 0 Å². The van der Waals surface area contributed by atoms with Gasteiger partial charge >= 0.3 is 0 Å². The molecule has 0 spiro atoms. The van der Waals surface area contributed by atoms with Crippen molar-refractivity contribution in [3.63, 3.8) is 0 Å². The minimum atomic E-state index is -3.46. The van der Waals surface area contributed by atoms with E-state index in [9.17, 15) is 13.2 Å². The van der Waals surface area contributed by atoms with Crippen LogP contribution in [0.15, 0.2) is 39.9 Å². The van der Waals surface area contributed by atoms with E-state index in [-0.39, 0.29) is 11.9 Å². The summed E-state index contributed by atoms with van der Waals surface area (Å²) in [5.41, 5.74) is 2.20. The third kappa shape index (κ3) is 5.81. The number of ether oxygens (including phenoxy) is 1. The third-order valence-electron chi connectivity index (χ3n) is 5.12. The second-order valence-electron chi connectivity index (χ2n) is 7.38. The number of nitrogens with zero attached hydrogens (tertiary/aromatic N) is 1. The van der Waals surface area contributed by atoms with Gasteiger partial charge in [-0.3, -0.25) is 4.79 Å². The highest BCUT2D eigenvalue weighted by molar-refractivity contribution is 7.91. The Morgan fingerprint density at radius 1 is 1.17 bits per heavy atom. The Morgan fingerprint density at radius 3 is 2.48 bits per heavy atom. The summed E-state index contributed by atoms with van der Waals surface area (Å²) in [6.07, 6.45) is 2.37. The molecule has 3 rings (SSSR count). The van der Waals surface area contributed by atoms with Crippen LogP contribution in [0, 0.1) is 13.8 Å². The van der Waals surface area contributed by atoms with Gasteiger partial charge in [-0.2, -0.15) is 0 Å². The lowest BCUT2D eigenvalue weighted by atomic mass is 10.1. The molecule has 0 radical (unpaired) electrons. The number of thiophene rings is 1. The lowest BCUT2D eigenvalue weighted by Crippen LogP contribution is -2.46. The summed E-state index contributed by atoms with van der Waals surface area (Å²) in [5, 5.41) is 1.75. The second-order valence-corrected chi connectivity index (χ2v) is 10.3. The quantitative estimate of drug-likeness (QED) is 0.643. The average molecular weight is 437 g/mol. The number of likely N-dealkylation sites (tertiary alicyclic amines) is 1. The van der Waals surface area contributed by atoms with E-state index in [0.717, 1.165) is 16.9 Å². The highest BCUT2D eigenvalue weighted by Crippen LogP contribution is 2.23. The molecular formula is C21H28N2O4S2. The maximum Gasteiger partial charge on any atom is 0.250 e. The van der Waals surface area contributed by atoms with Gasteiger partial charge in [0, 0.05) is 25.6 Å². The topological polar surface area (TPSA) is 75.7 Å². The number of carbonyl (C=O) groups excluding carboxylic acids is 1. The SMILES string of the molecule is Cc1cccc(C)c1OCCCC(=O)N1CCC(NS(=O)(=O)c2cccs2)CC1. The number of aryl methyl sites for hydroxylation is 2. The number of nitrogens with one attached hydrogen (secondary N) is 1. The lowest BCUT2D eigenvalue weighted by Gasteiger charge is -2.32. The van der Waals surface area contributed by atoms with Gasteiger partial charge in [0.05, 0.1) is 6.61 Å². The first kappa shape index (κ1) is 21.8. The molecule has 1 aliphatic heterocycles. The van der Waals surface area contributed by atoms with E-state index in [0.29, 0.717) is 49.6 Å². The number of piperidine rings is 1. The van der Waals surface area contributed by atoms with Crippen molar-refractivity contribution in [3.8, 4) is 5.75 Å². The Labute approximate surface area is 176 Å². The lowest BCUT2D eigenvalue weighted by molar-refractivity contribution is -0.132. The molecule has 0 atom stereocenters. The molecule has 1 aromatic heterocycles. The van der Waals surface area contributed by atoms with Gasteiger partial charge in [0.25, 0.3) is 0 Å². The molecule has 1 aromatic carbocycles. The van der Waals surface area contributed by atoms with Gasteiger partial charge in [0.15, 0.2) is 0 Å². The maximum absolute atomic E-state index is 12.5. The van der Waals surface area contributed by atoms with Crippen LogP contribution in [-0.4, -0.2) is 45.0 Å². The van der Waals surface area contributed by atoms with Crippen molar-refractivity contribution in [2.75, 3.05) is 19.7 Å². The maximum atomic E-state index is 12.5. The molecular weight excluding hydrogens is 408 g/mol. The van der Waals surface area contributed by atoms with E-state index in [4.69, 9.17) is 4.74 Å². The van der Waals surface area contributed by atoms with E-state index in [2.05, 4.69) is 4.72 Å². The van der Waals surface area contributed by atoms with Gasteiger partial charge in [-0.25, -0.2) is 13.1 Å². The van der Waals surface area contributed by atoms with Crippen LogP contribution >= 0.6 is 11.3 Å². The summed E-state index contributed by atoms with van der Waals surface area (Å²) >= 11 is 1.21. The monoisotopic (exact) mass is 436 g/mol. The zero-order valence-corrected chi connectivity index (χ0v) is 18.5. The van der Waals surface area contributed by atoms with E-state index in [1.54, 1.807) is 17.5 Å². The Balaban J connectivity index is 1.39. The zero-order valence-electron chi connectivity index (χ0n) is 16.9. The summed E-state index contributed by atoms with van der Waals surface area (Å²) in [6.45, 7) is 5.70. The number of carbonyl (C=O) groups is 1. The molecule has 2 aromatic rings. The molecule has 0 saturated carbocycles. The zero-order chi connectivity index (χ0) is 20.9. The number of amides is 1. The molecule has 1 N–H and O–H groups in total. The van der Waals surface area contributed by atoms with Gasteiger partial charge in [0.1, 0.15) is 9.96 Å². The fraction of sp³-hybridized carbons (Fsp3) is 0.476. The molecule has 1 fully saturated rings. The van der Waals surface area contributed by atoms with E-state index in [1.807, 2.05) is 36.9 Å². The van der Waals surface area contributed by atoms with Gasteiger partial charge < -0.3 is 9.64 Å². The fourth-order valence-corrected chi connectivity index (χ4v) is 5.84. The van der Waals surface area contributed by atoms with Crippen molar-refractivity contribution >= 4 is 27.3 Å². The molecule has 2 heterocycles. The third-order valence-corrected chi connectivity index (χ3v) is 8.04. The van der Waals surface area contributed by atoms with Crippen molar-refractivity contribution in [2.24, 2.45) is 0 Å². The average Bonchev–Trinajstić information content (AvgIpc) is 3.23. The summed E-state index contributed by atoms with van der Waals surface area (Å²) in [4.78, 5) is 14.3. The van der Waals surface area contributed by atoms with Crippen LogP contribution in [0.2, 0.25) is 0 Å². The number of sulfonamides is 1. The van der Waals surface area contributed by atoms with Gasteiger partial charge in [0.2, 0.25) is 15.9 Å². The molecule has 6 nitrogen and oxygen atoms in total. The van der Waals surface area contributed by atoms with Crippen LogP contribution in [0.25, 0.3) is 0 Å². The fourth-order valence-electron chi connectivity index (χ4n) is 3.52. The predicted octanol–water partition coefficient (Wildman–Crippen LogP) is 3.49. The molecule has 1 saturated heterocycles. The van der Waals surface area contributed by atoms with E-state index < -0.39 is 10.0 Å². The summed E-state index contributed by atoms with van der Waals surface area (Å²) in [5.74, 6) is 1.01. The predicted molar refractivity (Wildman–Crippen MR) is 115 cm³/mol. The minimum absolute atomic E-state index is 0.106. The smallest absolute Gasteiger partial charge is 0.250 e. The second kappa shape index (κ2) is 9.73. The Hall–Kier alpha value is -1.90. The van der Waals surface area contributed by atoms with Crippen LogP contribution in [0.4, 0.5) is 0 Å². The molecule has 0 unspecified atom stereocenters. The molecule has 0 bridgehead atoms. The minimum Gasteiger partial charge on any atom is -0.493 e. The van der Waals surface area contributed by atoms with E-state index in [1.165, 1.54) is 11.3 Å². The van der Waals surface area contributed by atoms with Crippen LogP contribution in [0.5, 0.6) is 5.75 Å². The summed E-state index contributed by atoms with van der Waals surface area (Å²) in [7, 11) is -3.46. The van der Waals surface area contributed by atoms with Crippen LogP contribution in [0.1, 0.15) is 36.8 Å². The van der Waals surface area contributed by atoms with Crippen molar-refractivity contribution in [2.45, 2.75) is 49.8 Å². The van der Waals surface area contributed by atoms with Crippen molar-refractivity contribution in [1.82, 2.24) is 9.62 Å². The van der Waals surface area contributed by atoms with E-state index >= 15 is 0 Å². The highest BCUT2D eigenvalue weighted by Gasteiger charge is 2.26. The number of hydrogen-bond donors (Lipinski definition) is 1. The number of benzene rings is 1. The highest BCUT2D eigenvalue weighted by atomic mass is 32.2. The van der Waals surface area contributed by atoms with Gasteiger partial charge in [-0.15, -0.1) is 11.3 Å². The largest absolute Gasteiger partial charge is 0.493 e. The first-order valence-electron chi connectivity index (χ1n) is 9.89.